The number of benzene rings is 6. The van der Waals surface area contributed by atoms with Crippen LogP contribution in [0.4, 0.5) is 0 Å². The zero-order valence-electron chi connectivity index (χ0n) is 22.8. The van der Waals surface area contributed by atoms with Crippen LogP contribution in [-0.4, -0.2) is 9.55 Å². The third kappa shape index (κ3) is 3.45. The first-order chi connectivity index (χ1) is 20.7. The highest BCUT2D eigenvalue weighted by Gasteiger charge is 2.15. The van der Waals surface area contributed by atoms with Gasteiger partial charge in [0.05, 0.1) is 11.0 Å². The number of aryl methyl sites for hydroxylation is 1. The molecule has 4 heteroatoms. The van der Waals surface area contributed by atoms with E-state index in [0.717, 1.165) is 88.6 Å². The van der Waals surface area contributed by atoms with Crippen molar-refractivity contribution in [1.82, 2.24) is 9.55 Å². The molecule has 9 aromatic rings. The number of aromatic nitrogens is 2. The fourth-order valence-electron chi connectivity index (χ4n) is 6.25. The SMILES string of the molecule is Cn1c(-c2ccccc2)nc2cc(-c3ccc(-c4ccc5oc6cc7c(cc6c5c4)oc4ccccc47)cc3)ccc21. The number of hydrogen-bond acceptors (Lipinski definition) is 3. The summed E-state index contributed by atoms with van der Waals surface area (Å²) in [6.07, 6.45) is 0. The van der Waals surface area contributed by atoms with Gasteiger partial charge in [0.25, 0.3) is 0 Å². The van der Waals surface area contributed by atoms with E-state index in [1.165, 1.54) is 0 Å². The molecule has 0 aliphatic heterocycles. The average molecular weight is 541 g/mol. The summed E-state index contributed by atoms with van der Waals surface area (Å²) in [7, 11) is 2.07. The van der Waals surface area contributed by atoms with Crippen molar-refractivity contribution in [3.8, 4) is 33.6 Å². The second kappa shape index (κ2) is 8.69. The molecule has 0 saturated carbocycles. The van der Waals surface area contributed by atoms with Crippen molar-refractivity contribution in [3.05, 3.63) is 127 Å². The van der Waals surface area contributed by atoms with Crippen molar-refractivity contribution in [2.75, 3.05) is 0 Å². The van der Waals surface area contributed by atoms with E-state index in [1.54, 1.807) is 0 Å². The highest BCUT2D eigenvalue weighted by molar-refractivity contribution is 6.15. The van der Waals surface area contributed by atoms with Gasteiger partial charge in [-0.2, -0.15) is 0 Å². The van der Waals surface area contributed by atoms with Crippen molar-refractivity contribution < 1.29 is 8.83 Å². The molecule has 42 heavy (non-hydrogen) atoms. The van der Waals surface area contributed by atoms with Gasteiger partial charge in [-0.25, -0.2) is 4.98 Å². The molecular formula is C38H24N2O2. The Labute approximate surface area is 241 Å². The van der Waals surface area contributed by atoms with E-state index in [4.69, 9.17) is 13.8 Å². The third-order valence-electron chi connectivity index (χ3n) is 8.43. The highest BCUT2D eigenvalue weighted by atomic mass is 16.3. The van der Waals surface area contributed by atoms with Gasteiger partial charge in [-0.1, -0.05) is 84.9 Å². The van der Waals surface area contributed by atoms with E-state index in [-0.39, 0.29) is 0 Å². The Hall–Kier alpha value is -5.61. The molecule has 198 valence electrons. The molecular weight excluding hydrogens is 516 g/mol. The molecule has 0 amide bonds. The van der Waals surface area contributed by atoms with Gasteiger partial charge in [-0.3, -0.25) is 0 Å². The molecule has 0 fully saturated rings. The smallest absolute Gasteiger partial charge is 0.140 e. The number of fused-ring (bicyclic) bond motifs is 7. The fourth-order valence-corrected chi connectivity index (χ4v) is 6.25. The van der Waals surface area contributed by atoms with Crippen molar-refractivity contribution in [1.29, 1.82) is 0 Å². The van der Waals surface area contributed by atoms with Crippen LogP contribution in [0.3, 0.4) is 0 Å². The Kier molecular flexibility index (Phi) is 4.79. The summed E-state index contributed by atoms with van der Waals surface area (Å²) in [5.41, 5.74) is 11.4. The van der Waals surface area contributed by atoms with Crippen molar-refractivity contribution in [2.24, 2.45) is 7.05 Å². The monoisotopic (exact) mass is 540 g/mol. The zero-order chi connectivity index (χ0) is 27.8. The number of rotatable bonds is 3. The molecule has 0 atom stereocenters. The quantitative estimate of drug-likeness (QED) is 0.224. The Morgan fingerprint density at radius 1 is 0.452 bits per heavy atom. The first kappa shape index (κ1) is 23.1. The van der Waals surface area contributed by atoms with Crippen LogP contribution in [0.15, 0.2) is 136 Å². The minimum atomic E-state index is 0.872. The van der Waals surface area contributed by atoms with Gasteiger partial charge in [0.2, 0.25) is 0 Å². The molecule has 3 heterocycles. The number of imidazole rings is 1. The van der Waals surface area contributed by atoms with E-state index in [2.05, 4.69) is 103 Å². The van der Waals surface area contributed by atoms with Crippen LogP contribution in [0.5, 0.6) is 0 Å². The van der Waals surface area contributed by atoms with E-state index in [1.807, 2.05) is 36.4 Å². The lowest BCUT2D eigenvalue weighted by Gasteiger charge is -2.06. The van der Waals surface area contributed by atoms with E-state index in [0.29, 0.717) is 0 Å². The maximum atomic E-state index is 6.27. The standard InChI is InChI=1S/C38H24N2O2/c1-40-33-17-15-27(20-32(33)39-38(40)25-7-3-2-4-8-25)24-13-11-23(12-14-24)26-16-18-35-29(19-26)31-22-36-30(21-37(31)42-35)28-9-5-6-10-34(28)41-36/h2-22H,1H3. The van der Waals surface area contributed by atoms with Gasteiger partial charge in [-0.15, -0.1) is 0 Å². The first-order valence-corrected chi connectivity index (χ1v) is 14.1. The summed E-state index contributed by atoms with van der Waals surface area (Å²) in [4.78, 5) is 4.96. The van der Waals surface area contributed by atoms with Crippen LogP contribution in [0.25, 0.3) is 88.6 Å². The molecule has 0 radical (unpaired) electrons. The van der Waals surface area contributed by atoms with Crippen LogP contribution in [0.1, 0.15) is 0 Å². The summed E-state index contributed by atoms with van der Waals surface area (Å²) in [5, 5.41) is 4.33. The molecule has 0 saturated heterocycles. The molecule has 0 N–H and O–H groups in total. The van der Waals surface area contributed by atoms with Crippen LogP contribution >= 0.6 is 0 Å². The number of para-hydroxylation sites is 1. The highest BCUT2D eigenvalue weighted by Crippen LogP contribution is 2.38. The lowest BCUT2D eigenvalue weighted by Crippen LogP contribution is -1.91. The van der Waals surface area contributed by atoms with E-state index < -0.39 is 0 Å². The minimum absolute atomic E-state index is 0.872. The maximum absolute atomic E-state index is 6.27. The number of furan rings is 2. The average Bonchev–Trinajstić information content (AvgIpc) is 3.70. The Morgan fingerprint density at radius 3 is 1.79 bits per heavy atom. The topological polar surface area (TPSA) is 44.1 Å². The van der Waals surface area contributed by atoms with Crippen LogP contribution < -0.4 is 0 Å². The van der Waals surface area contributed by atoms with Crippen LogP contribution in [-0.2, 0) is 7.05 Å². The van der Waals surface area contributed by atoms with Gasteiger partial charge in [0, 0.05) is 34.2 Å². The lowest BCUT2D eigenvalue weighted by molar-refractivity contribution is 0.664. The summed E-state index contributed by atoms with van der Waals surface area (Å²) < 4.78 is 14.6. The van der Waals surface area contributed by atoms with Crippen LogP contribution in [0.2, 0.25) is 0 Å². The van der Waals surface area contributed by atoms with Gasteiger partial charge in [0.15, 0.2) is 0 Å². The zero-order valence-corrected chi connectivity index (χ0v) is 22.8. The van der Waals surface area contributed by atoms with E-state index >= 15 is 0 Å². The fraction of sp³-hybridized carbons (Fsp3) is 0.0263. The maximum Gasteiger partial charge on any atom is 0.140 e. The van der Waals surface area contributed by atoms with Gasteiger partial charge in [0.1, 0.15) is 28.2 Å². The Morgan fingerprint density at radius 2 is 1.02 bits per heavy atom. The molecule has 0 unspecified atom stereocenters. The lowest BCUT2D eigenvalue weighted by atomic mass is 9.99. The molecule has 0 aliphatic rings. The van der Waals surface area contributed by atoms with Crippen molar-refractivity contribution >= 4 is 54.9 Å². The summed E-state index contributed by atoms with van der Waals surface area (Å²) in [5.74, 6) is 0.973. The van der Waals surface area contributed by atoms with E-state index in [9.17, 15) is 0 Å². The van der Waals surface area contributed by atoms with Crippen LogP contribution in [0, 0.1) is 0 Å². The molecule has 4 nitrogen and oxygen atoms in total. The predicted molar refractivity (Wildman–Crippen MR) is 172 cm³/mol. The second-order valence-electron chi connectivity index (χ2n) is 10.9. The van der Waals surface area contributed by atoms with Gasteiger partial charge >= 0.3 is 0 Å². The minimum Gasteiger partial charge on any atom is -0.456 e. The molecule has 3 aromatic heterocycles. The third-order valence-corrected chi connectivity index (χ3v) is 8.43. The second-order valence-corrected chi connectivity index (χ2v) is 10.9. The van der Waals surface area contributed by atoms with Crippen molar-refractivity contribution in [3.63, 3.8) is 0 Å². The van der Waals surface area contributed by atoms with Gasteiger partial charge < -0.3 is 13.4 Å². The largest absolute Gasteiger partial charge is 0.456 e. The Bertz CT molecular complexity index is 2460. The summed E-state index contributed by atoms with van der Waals surface area (Å²) in [6.45, 7) is 0. The first-order valence-electron chi connectivity index (χ1n) is 14.1. The normalized spacial score (nSPS) is 11.9. The molecule has 6 aromatic carbocycles. The molecule has 0 aliphatic carbocycles. The summed E-state index contributed by atoms with van der Waals surface area (Å²) in [6, 6.07) is 44.4. The number of nitrogens with zero attached hydrogens (tertiary/aromatic N) is 2. The number of hydrogen-bond donors (Lipinski definition) is 0. The van der Waals surface area contributed by atoms with Gasteiger partial charge in [-0.05, 0) is 64.7 Å². The summed E-state index contributed by atoms with van der Waals surface area (Å²) >= 11 is 0. The predicted octanol–water partition coefficient (Wildman–Crippen LogP) is 10.4. The molecule has 0 bridgehead atoms. The molecule has 0 spiro atoms. The Balaban J connectivity index is 1.08. The molecule has 9 rings (SSSR count). The van der Waals surface area contributed by atoms with Crippen molar-refractivity contribution in [2.45, 2.75) is 0 Å².